The van der Waals surface area contributed by atoms with Crippen LogP contribution in [0.15, 0.2) is 98.1 Å². The highest BCUT2D eigenvalue weighted by atomic mass is 32.1. The predicted octanol–water partition coefficient (Wildman–Crippen LogP) is 10.1. The number of hydrogen-bond acceptors (Lipinski definition) is 17. The van der Waals surface area contributed by atoms with Gasteiger partial charge in [-0.3, -0.25) is 28.5 Å². The minimum atomic E-state index is -1.09. The highest BCUT2D eigenvalue weighted by Crippen LogP contribution is 2.31. The molecule has 0 bridgehead atoms. The van der Waals surface area contributed by atoms with Crippen molar-refractivity contribution in [2.75, 3.05) is 10.6 Å². The zero-order valence-corrected chi connectivity index (χ0v) is 45.7. The molecule has 21 heteroatoms. The Bertz CT molecular complexity index is 3130. The molecule has 6 heterocycles. The molecule has 0 saturated heterocycles. The number of rotatable bonds is 20. The van der Waals surface area contributed by atoms with Crippen molar-refractivity contribution in [1.82, 2.24) is 49.5 Å². The Morgan fingerprint density at radius 2 is 1.05 bits per heavy atom. The van der Waals surface area contributed by atoms with Crippen molar-refractivity contribution in [1.29, 1.82) is 0 Å². The second-order valence-electron chi connectivity index (χ2n) is 20.6. The molecule has 8 rings (SSSR count). The number of anilines is 4. The number of carbonyl (C=O) groups is 4. The van der Waals surface area contributed by atoms with Crippen molar-refractivity contribution < 1.29 is 29.4 Å². The second kappa shape index (κ2) is 24.2. The first-order valence-corrected chi connectivity index (χ1v) is 26.3. The van der Waals surface area contributed by atoms with Crippen LogP contribution in [0.5, 0.6) is 0 Å². The summed E-state index contributed by atoms with van der Waals surface area (Å²) in [5.41, 5.74) is 14.5. The van der Waals surface area contributed by atoms with E-state index in [0.717, 1.165) is 54.8 Å². The van der Waals surface area contributed by atoms with Crippen molar-refractivity contribution >= 4 is 69.5 Å². The third-order valence-electron chi connectivity index (χ3n) is 12.0. The summed E-state index contributed by atoms with van der Waals surface area (Å²) in [5, 5.41) is 34.6. The van der Waals surface area contributed by atoms with E-state index >= 15 is 0 Å². The quantitative estimate of drug-likeness (QED) is 0.0444. The maximum atomic E-state index is 12.7. The molecule has 0 aliphatic heterocycles. The van der Waals surface area contributed by atoms with Crippen LogP contribution in [-0.4, -0.2) is 89.2 Å². The van der Waals surface area contributed by atoms with Gasteiger partial charge in [-0.2, -0.15) is 10.2 Å². The minimum Gasteiger partial charge on any atom is -0.481 e. The van der Waals surface area contributed by atoms with Crippen LogP contribution >= 0.6 is 22.7 Å². The van der Waals surface area contributed by atoms with E-state index < -0.39 is 23.9 Å². The van der Waals surface area contributed by atoms with Gasteiger partial charge >= 0.3 is 11.9 Å². The van der Waals surface area contributed by atoms with E-state index in [9.17, 15) is 19.2 Å². The number of aromatic nitrogens is 10. The van der Waals surface area contributed by atoms with Gasteiger partial charge in [0.15, 0.2) is 11.6 Å². The molecule has 76 heavy (non-hydrogen) atoms. The van der Waals surface area contributed by atoms with Gasteiger partial charge in [-0.25, -0.2) is 29.9 Å². The third-order valence-corrected chi connectivity index (χ3v) is 15.0. The van der Waals surface area contributed by atoms with Gasteiger partial charge in [0.25, 0.3) is 0 Å². The number of ketones is 2. The van der Waals surface area contributed by atoms with Gasteiger partial charge in [0, 0.05) is 72.0 Å². The number of hydrogen-bond donors (Lipinski definition) is 5. The largest absolute Gasteiger partial charge is 0.481 e. The molecule has 2 atom stereocenters. The average Bonchev–Trinajstić information content (AvgIpc) is 4.23. The van der Waals surface area contributed by atoms with Gasteiger partial charge in [0.2, 0.25) is 11.9 Å². The lowest BCUT2D eigenvalue weighted by atomic mass is 9.98. The van der Waals surface area contributed by atoms with Crippen molar-refractivity contribution in [2.24, 2.45) is 11.7 Å². The molecular weight excluding hydrogens is 1000 g/mol. The molecule has 396 valence electrons. The Morgan fingerprint density at radius 1 is 0.618 bits per heavy atom. The molecular formula is C55H63N13O6S2. The van der Waals surface area contributed by atoms with Crippen molar-refractivity contribution in [2.45, 2.75) is 118 Å². The zero-order valence-electron chi connectivity index (χ0n) is 44.0. The maximum absolute atomic E-state index is 12.7. The van der Waals surface area contributed by atoms with Crippen LogP contribution in [0, 0.1) is 19.8 Å². The maximum Gasteiger partial charge on any atom is 0.322 e. The normalized spacial score (nSPS) is 12.3. The molecule has 0 spiro atoms. The molecule has 2 aromatic carbocycles. The molecule has 0 radical (unpaired) electrons. The number of nitrogens with zero attached hydrogens (tertiary/aromatic N) is 10. The molecule has 8 aromatic rings. The number of carbonyl (C=O) groups excluding carboxylic acids is 2. The van der Waals surface area contributed by atoms with Gasteiger partial charge in [0.05, 0.1) is 73.9 Å². The first-order chi connectivity index (χ1) is 36.0. The van der Waals surface area contributed by atoms with E-state index in [2.05, 4.69) is 104 Å². The van der Waals surface area contributed by atoms with Crippen LogP contribution in [0.4, 0.5) is 23.3 Å². The Balaban J connectivity index is 0.000000221. The first kappa shape index (κ1) is 55.9. The van der Waals surface area contributed by atoms with Gasteiger partial charge in [0.1, 0.15) is 6.04 Å². The minimum absolute atomic E-state index is 0.0529. The lowest BCUT2D eigenvalue weighted by molar-refractivity contribution is -0.141. The second-order valence-corrected chi connectivity index (χ2v) is 22.6. The summed E-state index contributed by atoms with van der Waals surface area (Å²) in [6.45, 7) is 18.6. The number of carboxylic acids is 2. The molecule has 6 aromatic heterocycles. The van der Waals surface area contributed by atoms with Crippen LogP contribution in [-0.2, 0) is 46.4 Å². The smallest absolute Gasteiger partial charge is 0.322 e. The third kappa shape index (κ3) is 15.1. The summed E-state index contributed by atoms with van der Waals surface area (Å²) in [5.74, 6) is -1.46. The fourth-order valence-electron chi connectivity index (χ4n) is 7.63. The molecule has 0 unspecified atom stereocenters. The van der Waals surface area contributed by atoms with E-state index in [1.165, 1.54) is 27.4 Å². The van der Waals surface area contributed by atoms with Crippen LogP contribution in [0.3, 0.4) is 0 Å². The number of aliphatic carboxylic acids is 2. The van der Waals surface area contributed by atoms with E-state index in [1.807, 2.05) is 50.2 Å². The fourth-order valence-corrected chi connectivity index (χ4v) is 9.51. The number of nitrogens with two attached hydrogens (primary N) is 1. The summed E-state index contributed by atoms with van der Waals surface area (Å²) in [6.07, 6.45) is 15.5. The Morgan fingerprint density at radius 3 is 1.43 bits per heavy atom. The molecule has 6 N–H and O–H groups in total. The summed E-state index contributed by atoms with van der Waals surface area (Å²) in [7, 11) is 0. The van der Waals surface area contributed by atoms with Crippen LogP contribution < -0.4 is 16.4 Å². The summed E-state index contributed by atoms with van der Waals surface area (Å²) >= 11 is 2.96. The van der Waals surface area contributed by atoms with E-state index in [-0.39, 0.29) is 35.5 Å². The van der Waals surface area contributed by atoms with Crippen molar-refractivity contribution in [3.8, 4) is 22.5 Å². The number of thiazole rings is 2. The summed E-state index contributed by atoms with van der Waals surface area (Å²) in [4.78, 5) is 75.6. The average molecular weight is 1070 g/mol. The summed E-state index contributed by atoms with van der Waals surface area (Å²) in [6, 6.07) is 14.9. The van der Waals surface area contributed by atoms with E-state index in [1.54, 1.807) is 61.2 Å². The monoisotopic (exact) mass is 1070 g/mol. The SMILES string of the molecule is Cc1cc(-c2ccnc(Nc3cnn(C[C@H](C)C(=O)O)c3)n2)ccc1CCC(=O)c1cnc(C(C)(C)C)s1.Cc1cc(-c2ccnc(Nc3cnn(C[C@H](N)C(=O)O)c3)n2)ccc1CCC(=O)c1cnc(C(C)(C)C)s1. The van der Waals surface area contributed by atoms with Gasteiger partial charge in [-0.15, -0.1) is 22.7 Å². The van der Waals surface area contributed by atoms with Crippen LogP contribution in [0.1, 0.15) is 113 Å². The Hall–Kier alpha value is -7.88. The lowest BCUT2D eigenvalue weighted by Gasteiger charge is -2.13. The number of nitrogens with one attached hydrogen (secondary N) is 2. The zero-order chi connectivity index (χ0) is 54.9. The molecule has 19 nitrogen and oxygen atoms in total. The Kier molecular flexibility index (Phi) is 17.8. The molecule has 0 saturated carbocycles. The fraction of sp³-hybridized carbons (Fsp3) is 0.345. The topological polar surface area (TPSA) is 272 Å². The number of benzene rings is 2. The summed E-state index contributed by atoms with van der Waals surface area (Å²) < 4.78 is 3.03. The van der Waals surface area contributed by atoms with E-state index in [4.69, 9.17) is 15.9 Å². The van der Waals surface area contributed by atoms with Crippen molar-refractivity contribution in [3.05, 3.63) is 140 Å². The van der Waals surface area contributed by atoms with Crippen molar-refractivity contribution in [3.63, 3.8) is 0 Å². The molecule has 0 aliphatic carbocycles. The Labute approximate surface area is 449 Å². The molecule has 0 fully saturated rings. The molecule has 0 aliphatic rings. The highest BCUT2D eigenvalue weighted by Gasteiger charge is 2.22. The first-order valence-electron chi connectivity index (χ1n) is 24.6. The number of carboxylic acid groups (broad SMARTS) is 2. The van der Waals surface area contributed by atoms with Gasteiger partial charge in [-0.1, -0.05) is 72.7 Å². The number of Topliss-reactive ketones (excluding diaryl/α,β-unsaturated/α-hetero) is 2. The predicted molar refractivity (Wildman–Crippen MR) is 295 cm³/mol. The van der Waals surface area contributed by atoms with Crippen LogP contribution in [0.2, 0.25) is 0 Å². The highest BCUT2D eigenvalue weighted by molar-refractivity contribution is 7.14. The van der Waals surface area contributed by atoms with Gasteiger partial charge < -0.3 is 26.6 Å². The van der Waals surface area contributed by atoms with Gasteiger partial charge in [-0.05, 0) is 73.2 Å². The number of aryl methyl sites for hydroxylation is 4. The molecule has 0 amide bonds. The van der Waals surface area contributed by atoms with Crippen LogP contribution in [0.25, 0.3) is 22.5 Å². The lowest BCUT2D eigenvalue weighted by Crippen LogP contribution is -2.34. The van der Waals surface area contributed by atoms with E-state index in [0.29, 0.717) is 58.7 Å². The standard InChI is InChI=1S/C28H32N6O3S.C27H31N7O3S/c1-17-12-20(7-6-19(17)8-9-23(35)24-14-30-26(38-24)28(3,4)5)22-10-11-29-27(33-22)32-21-13-31-34(16-21)15-18(2)25(36)37;1-16-11-18(6-5-17(16)7-8-22(35)23-13-30-25(38-23)27(2,3)4)21-9-10-29-26(33-21)32-19-12-31-34(14-19)15-20(28)24(36)37/h6-7,10-14,16,18H,8-9,15H2,1-5H3,(H,36,37)(H,29,32,33);5-6,9-14,20H,7-8,15,28H2,1-4H3,(H,36,37)(H,29,32,33)/t18-;20-/m00/s1.